The largest absolute Gasteiger partial charge is 0.484 e. The Hall–Kier alpha value is -1.81. The number of halogens is 1. The van der Waals surface area contributed by atoms with Crippen LogP contribution in [-0.4, -0.2) is 12.5 Å². The summed E-state index contributed by atoms with van der Waals surface area (Å²) in [6, 6.07) is 13.6. The van der Waals surface area contributed by atoms with Gasteiger partial charge in [0, 0.05) is 4.47 Å². The maximum atomic E-state index is 12.0. The molecule has 0 heterocycles. The summed E-state index contributed by atoms with van der Waals surface area (Å²) < 4.78 is 6.46. The first kappa shape index (κ1) is 16.6. The van der Waals surface area contributed by atoms with Crippen LogP contribution in [0.3, 0.4) is 0 Å². The number of hydrogen-bond acceptors (Lipinski definition) is 2. The summed E-state index contributed by atoms with van der Waals surface area (Å²) in [6.07, 6.45) is 0. The van der Waals surface area contributed by atoms with Crippen LogP contribution in [-0.2, 0) is 4.79 Å². The zero-order valence-electron chi connectivity index (χ0n) is 13.0. The first-order valence-corrected chi connectivity index (χ1v) is 8.00. The molecule has 0 aliphatic rings. The van der Waals surface area contributed by atoms with Crippen LogP contribution in [0.5, 0.6) is 5.75 Å². The molecule has 0 saturated carbocycles. The normalized spacial score (nSPS) is 11.8. The van der Waals surface area contributed by atoms with E-state index in [0.717, 1.165) is 10.0 Å². The highest BCUT2D eigenvalue weighted by Gasteiger charge is 2.12. The molecule has 2 aromatic carbocycles. The van der Waals surface area contributed by atoms with E-state index in [1.54, 1.807) is 0 Å². The predicted octanol–water partition coefficient (Wildman–Crippen LogP) is 4.32. The van der Waals surface area contributed by atoms with Crippen molar-refractivity contribution in [3.63, 3.8) is 0 Å². The Morgan fingerprint density at radius 1 is 1.18 bits per heavy atom. The molecule has 0 saturated heterocycles. The first-order chi connectivity index (χ1) is 10.5. The van der Waals surface area contributed by atoms with Crippen LogP contribution in [0.2, 0.25) is 0 Å². The van der Waals surface area contributed by atoms with Crippen LogP contribution in [0.1, 0.15) is 29.7 Å². The summed E-state index contributed by atoms with van der Waals surface area (Å²) in [5, 5.41) is 2.96. The standard InChI is InChI=1S/C18H20BrNO2/c1-12-4-9-17(13(2)10-12)14(3)20-18(21)11-22-16-7-5-15(19)6-8-16/h4-10,14H,11H2,1-3H3,(H,20,21). The smallest absolute Gasteiger partial charge is 0.258 e. The fourth-order valence-electron chi connectivity index (χ4n) is 2.35. The zero-order chi connectivity index (χ0) is 16.1. The third-order valence-corrected chi connectivity index (χ3v) is 3.98. The highest BCUT2D eigenvalue weighted by atomic mass is 79.9. The number of ether oxygens (including phenoxy) is 1. The van der Waals surface area contributed by atoms with Gasteiger partial charge in [0.05, 0.1) is 6.04 Å². The molecule has 0 spiro atoms. The lowest BCUT2D eigenvalue weighted by molar-refractivity contribution is -0.123. The minimum atomic E-state index is -0.129. The van der Waals surface area contributed by atoms with E-state index in [1.165, 1.54) is 11.1 Å². The molecule has 1 N–H and O–H groups in total. The number of rotatable bonds is 5. The number of hydrogen-bond donors (Lipinski definition) is 1. The van der Waals surface area contributed by atoms with Gasteiger partial charge in [-0.2, -0.15) is 0 Å². The predicted molar refractivity (Wildman–Crippen MR) is 92.1 cm³/mol. The molecule has 0 fully saturated rings. The van der Waals surface area contributed by atoms with E-state index < -0.39 is 0 Å². The third kappa shape index (κ3) is 4.60. The van der Waals surface area contributed by atoms with Gasteiger partial charge in [-0.3, -0.25) is 4.79 Å². The fraction of sp³-hybridized carbons (Fsp3) is 0.278. The molecule has 0 aliphatic heterocycles. The summed E-state index contributed by atoms with van der Waals surface area (Å²) in [6.45, 7) is 6.11. The average Bonchev–Trinajstić information content (AvgIpc) is 2.46. The lowest BCUT2D eigenvalue weighted by Gasteiger charge is -2.17. The van der Waals surface area contributed by atoms with Gasteiger partial charge < -0.3 is 10.1 Å². The van der Waals surface area contributed by atoms with Crippen molar-refractivity contribution in [3.8, 4) is 5.75 Å². The summed E-state index contributed by atoms with van der Waals surface area (Å²) >= 11 is 3.36. The minimum Gasteiger partial charge on any atom is -0.484 e. The van der Waals surface area contributed by atoms with E-state index in [1.807, 2.05) is 31.2 Å². The Morgan fingerprint density at radius 2 is 1.86 bits per heavy atom. The molecule has 1 atom stereocenters. The van der Waals surface area contributed by atoms with E-state index in [-0.39, 0.29) is 18.6 Å². The Labute approximate surface area is 139 Å². The number of nitrogens with one attached hydrogen (secondary N) is 1. The molecule has 22 heavy (non-hydrogen) atoms. The second-order valence-electron chi connectivity index (χ2n) is 5.39. The molecule has 2 aromatic rings. The quantitative estimate of drug-likeness (QED) is 0.860. The van der Waals surface area contributed by atoms with E-state index in [2.05, 4.69) is 53.3 Å². The molecule has 3 nitrogen and oxygen atoms in total. The van der Waals surface area contributed by atoms with Crippen LogP contribution in [0.4, 0.5) is 0 Å². The van der Waals surface area contributed by atoms with Gasteiger partial charge in [-0.05, 0) is 56.2 Å². The number of aryl methyl sites for hydroxylation is 2. The molecule has 0 radical (unpaired) electrons. The van der Waals surface area contributed by atoms with Gasteiger partial charge in [-0.1, -0.05) is 39.7 Å². The van der Waals surface area contributed by atoms with Gasteiger partial charge in [0.2, 0.25) is 0 Å². The summed E-state index contributed by atoms with van der Waals surface area (Å²) in [5.74, 6) is 0.549. The van der Waals surface area contributed by atoms with Gasteiger partial charge in [0.1, 0.15) is 5.75 Å². The maximum absolute atomic E-state index is 12.0. The summed E-state index contributed by atoms with van der Waals surface area (Å²) in [4.78, 5) is 12.0. The summed E-state index contributed by atoms with van der Waals surface area (Å²) in [5.41, 5.74) is 3.53. The van der Waals surface area contributed by atoms with Gasteiger partial charge >= 0.3 is 0 Å². The minimum absolute atomic E-state index is 0.0108. The van der Waals surface area contributed by atoms with E-state index in [0.29, 0.717) is 5.75 Å². The van der Waals surface area contributed by atoms with Crippen LogP contribution in [0.25, 0.3) is 0 Å². The Bertz CT molecular complexity index is 653. The highest BCUT2D eigenvalue weighted by molar-refractivity contribution is 9.10. The van der Waals surface area contributed by atoms with Crippen LogP contribution < -0.4 is 10.1 Å². The molecule has 1 amide bonds. The number of amides is 1. The Morgan fingerprint density at radius 3 is 2.50 bits per heavy atom. The maximum Gasteiger partial charge on any atom is 0.258 e. The van der Waals surface area contributed by atoms with E-state index in [4.69, 9.17) is 4.74 Å². The van der Waals surface area contributed by atoms with Gasteiger partial charge in [-0.25, -0.2) is 0 Å². The molecular formula is C18H20BrNO2. The molecule has 0 bridgehead atoms. The topological polar surface area (TPSA) is 38.3 Å². The van der Waals surface area contributed by atoms with E-state index in [9.17, 15) is 4.79 Å². The van der Waals surface area contributed by atoms with Crippen molar-refractivity contribution in [3.05, 3.63) is 63.6 Å². The number of benzene rings is 2. The average molecular weight is 362 g/mol. The van der Waals surface area contributed by atoms with Crippen LogP contribution >= 0.6 is 15.9 Å². The third-order valence-electron chi connectivity index (χ3n) is 3.45. The lowest BCUT2D eigenvalue weighted by Crippen LogP contribution is -2.31. The first-order valence-electron chi connectivity index (χ1n) is 7.20. The molecule has 116 valence electrons. The highest BCUT2D eigenvalue weighted by Crippen LogP contribution is 2.19. The monoisotopic (exact) mass is 361 g/mol. The zero-order valence-corrected chi connectivity index (χ0v) is 14.6. The number of carbonyl (C=O) groups excluding carboxylic acids is 1. The van der Waals surface area contributed by atoms with Gasteiger partial charge in [-0.15, -0.1) is 0 Å². The molecule has 0 aromatic heterocycles. The fourth-order valence-corrected chi connectivity index (χ4v) is 2.62. The molecule has 4 heteroatoms. The van der Waals surface area contributed by atoms with Crippen LogP contribution in [0.15, 0.2) is 46.9 Å². The molecule has 1 unspecified atom stereocenters. The SMILES string of the molecule is Cc1ccc(C(C)NC(=O)COc2ccc(Br)cc2)c(C)c1. The second kappa shape index (κ2) is 7.45. The Balaban J connectivity index is 1.89. The van der Waals surface area contributed by atoms with Crippen LogP contribution in [0, 0.1) is 13.8 Å². The van der Waals surface area contributed by atoms with Crippen molar-refractivity contribution >= 4 is 21.8 Å². The Kier molecular flexibility index (Phi) is 5.61. The van der Waals surface area contributed by atoms with Gasteiger partial charge in [0.15, 0.2) is 6.61 Å². The second-order valence-corrected chi connectivity index (χ2v) is 6.31. The summed E-state index contributed by atoms with van der Waals surface area (Å²) in [7, 11) is 0. The van der Waals surface area contributed by atoms with Crippen molar-refractivity contribution in [2.24, 2.45) is 0 Å². The lowest BCUT2D eigenvalue weighted by atomic mass is 10.0. The van der Waals surface area contributed by atoms with E-state index >= 15 is 0 Å². The van der Waals surface area contributed by atoms with Crippen molar-refractivity contribution in [2.75, 3.05) is 6.61 Å². The number of carbonyl (C=O) groups is 1. The van der Waals surface area contributed by atoms with Crippen molar-refractivity contribution in [1.29, 1.82) is 0 Å². The van der Waals surface area contributed by atoms with Crippen molar-refractivity contribution in [2.45, 2.75) is 26.8 Å². The molecular weight excluding hydrogens is 342 g/mol. The van der Waals surface area contributed by atoms with Crippen molar-refractivity contribution in [1.82, 2.24) is 5.32 Å². The molecule has 0 aliphatic carbocycles. The van der Waals surface area contributed by atoms with Crippen molar-refractivity contribution < 1.29 is 9.53 Å². The van der Waals surface area contributed by atoms with Gasteiger partial charge in [0.25, 0.3) is 5.91 Å². The molecule has 2 rings (SSSR count).